The lowest BCUT2D eigenvalue weighted by Crippen LogP contribution is -1.91. The zero-order valence-corrected chi connectivity index (χ0v) is 13.1. The van der Waals surface area contributed by atoms with E-state index >= 15 is 0 Å². The van der Waals surface area contributed by atoms with Gasteiger partial charge in [-0.15, -0.1) is 0 Å². The first-order chi connectivity index (χ1) is 11.9. The van der Waals surface area contributed by atoms with Crippen LogP contribution in [0, 0.1) is 0 Å². The Morgan fingerprint density at radius 1 is 0.458 bits per heavy atom. The van der Waals surface area contributed by atoms with Gasteiger partial charge in [0.05, 0.1) is 17.1 Å². The number of aromatic nitrogens is 2. The van der Waals surface area contributed by atoms with Crippen molar-refractivity contribution in [2.45, 2.75) is 0 Å². The van der Waals surface area contributed by atoms with Crippen LogP contribution in [0.2, 0.25) is 0 Å². The van der Waals surface area contributed by atoms with Crippen molar-refractivity contribution in [1.29, 1.82) is 0 Å². The van der Waals surface area contributed by atoms with Crippen molar-refractivity contribution in [3.05, 3.63) is 97.2 Å². The van der Waals surface area contributed by atoms with Crippen molar-refractivity contribution in [3.63, 3.8) is 0 Å². The van der Waals surface area contributed by atoms with Gasteiger partial charge in [0, 0.05) is 11.8 Å². The van der Waals surface area contributed by atoms with Gasteiger partial charge in [-0.05, 0) is 35.4 Å². The lowest BCUT2D eigenvalue weighted by molar-refractivity contribution is 1.25. The van der Waals surface area contributed by atoms with Gasteiger partial charge in [0.1, 0.15) is 0 Å². The molecule has 0 saturated carbocycles. The molecule has 0 aliphatic heterocycles. The summed E-state index contributed by atoms with van der Waals surface area (Å²) < 4.78 is 0. The quantitative estimate of drug-likeness (QED) is 0.501. The second-order valence-corrected chi connectivity index (χ2v) is 5.53. The van der Waals surface area contributed by atoms with Gasteiger partial charge >= 0.3 is 0 Å². The number of benzene rings is 2. The maximum atomic E-state index is 4.84. The van der Waals surface area contributed by atoms with Gasteiger partial charge in [0.2, 0.25) is 0 Å². The van der Waals surface area contributed by atoms with Crippen molar-refractivity contribution < 1.29 is 0 Å². The average Bonchev–Trinajstić information content (AvgIpc) is 2.69. The summed E-state index contributed by atoms with van der Waals surface area (Å²) in [5.41, 5.74) is 6.23. The van der Waals surface area contributed by atoms with Crippen LogP contribution in [0.25, 0.3) is 33.8 Å². The molecule has 114 valence electrons. The van der Waals surface area contributed by atoms with E-state index in [9.17, 15) is 0 Å². The molecular weight excluding hydrogens is 292 g/mol. The highest BCUT2D eigenvalue weighted by molar-refractivity contribution is 5.82. The van der Waals surface area contributed by atoms with Crippen molar-refractivity contribution >= 4 is 0 Å². The minimum atomic E-state index is 0.885. The summed E-state index contributed by atoms with van der Waals surface area (Å²) in [4.78, 5) is 9.24. The third kappa shape index (κ3) is 2.82. The molecule has 0 saturated heterocycles. The zero-order chi connectivity index (χ0) is 16.2. The van der Waals surface area contributed by atoms with Crippen molar-refractivity contribution in [2.24, 2.45) is 0 Å². The number of nitrogens with zero attached hydrogens (tertiary/aromatic N) is 2. The number of pyridine rings is 2. The predicted molar refractivity (Wildman–Crippen MR) is 98.3 cm³/mol. The summed E-state index contributed by atoms with van der Waals surface area (Å²) in [6.07, 6.45) is 1.79. The first-order valence-electron chi connectivity index (χ1n) is 7.95. The van der Waals surface area contributed by atoms with Crippen molar-refractivity contribution in [1.82, 2.24) is 9.97 Å². The molecule has 0 N–H and O–H groups in total. The average molecular weight is 308 g/mol. The van der Waals surface area contributed by atoms with Gasteiger partial charge in [-0.1, -0.05) is 66.7 Å². The summed E-state index contributed by atoms with van der Waals surface area (Å²) in [5, 5.41) is 0. The topological polar surface area (TPSA) is 25.8 Å². The Bertz CT molecular complexity index is 948. The molecular formula is C22H16N2. The predicted octanol–water partition coefficient (Wildman–Crippen LogP) is 5.48. The van der Waals surface area contributed by atoms with Crippen molar-refractivity contribution in [2.75, 3.05) is 0 Å². The SMILES string of the molecule is c1ccc(-c2ccccc2-c2cccc(-c3ccccn3)n2)cc1. The van der Waals surface area contributed by atoms with Crippen LogP contribution in [0.4, 0.5) is 0 Å². The molecule has 2 nitrogen and oxygen atoms in total. The summed E-state index contributed by atoms with van der Waals surface area (Å²) in [5.74, 6) is 0. The molecule has 0 amide bonds. The van der Waals surface area contributed by atoms with Crippen LogP contribution in [0.1, 0.15) is 0 Å². The van der Waals surface area contributed by atoms with E-state index in [4.69, 9.17) is 4.98 Å². The van der Waals surface area contributed by atoms with Crippen LogP contribution in [0.3, 0.4) is 0 Å². The molecule has 0 aliphatic carbocycles. The van der Waals surface area contributed by atoms with Crippen molar-refractivity contribution in [3.8, 4) is 33.8 Å². The largest absolute Gasteiger partial charge is 0.255 e. The van der Waals surface area contributed by atoms with E-state index in [-0.39, 0.29) is 0 Å². The fourth-order valence-corrected chi connectivity index (χ4v) is 2.82. The Hall–Kier alpha value is -3.26. The van der Waals surface area contributed by atoms with Gasteiger partial charge in [0.25, 0.3) is 0 Å². The fraction of sp³-hybridized carbons (Fsp3) is 0. The Morgan fingerprint density at radius 3 is 1.92 bits per heavy atom. The third-order valence-electron chi connectivity index (χ3n) is 3.96. The van der Waals surface area contributed by atoms with Gasteiger partial charge in [-0.2, -0.15) is 0 Å². The highest BCUT2D eigenvalue weighted by Gasteiger charge is 2.09. The van der Waals surface area contributed by atoms with Crippen LogP contribution in [0.15, 0.2) is 97.2 Å². The second kappa shape index (κ2) is 6.47. The van der Waals surface area contributed by atoms with Crippen LogP contribution in [-0.2, 0) is 0 Å². The fourth-order valence-electron chi connectivity index (χ4n) is 2.82. The molecule has 0 radical (unpaired) electrons. The summed E-state index contributed by atoms with van der Waals surface area (Å²) in [6, 6.07) is 30.7. The maximum Gasteiger partial charge on any atom is 0.0893 e. The molecule has 2 heterocycles. The van der Waals surface area contributed by atoms with Crippen LogP contribution in [0.5, 0.6) is 0 Å². The number of hydrogen-bond donors (Lipinski definition) is 0. The van der Waals surface area contributed by atoms with Gasteiger partial charge in [0.15, 0.2) is 0 Å². The molecule has 2 heteroatoms. The molecule has 2 aromatic heterocycles. The Labute approximate surface area is 141 Å². The summed E-state index contributed by atoms with van der Waals surface area (Å²) in [7, 11) is 0. The summed E-state index contributed by atoms with van der Waals surface area (Å²) >= 11 is 0. The Kier molecular flexibility index (Phi) is 3.86. The van der Waals surface area contributed by atoms with Crippen LogP contribution >= 0.6 is 0 Å². The molecule has 0 aliphatic rings. The normalized spacial score (nSPS) is 10.5. The lowest BCUT2D eigenvalue weighted by Gasteiger charge is -2.10. The molecule has 0 fully saturated rings. The second-order valence-electron chi connectivity index (χ2n) is 5.53. The standard InChI is InChI=1S/C22H16N2/c1-2-9-17(10-3-1)18-11-4-5-12-19(18)20-14-8-15-22(24-20)21-13-6-7-16-23-21/h1-16H. The molecule has 24 heavy (non-hydrogen) atoms. The lowest BCUT2D eigenvalue weighted by atomic mass is 9.97. The Morgan fingerprint density at radius 2 is 1.12 bits per heavy atom. The number of hydrogen-bond acceptors (Lipinski definition) is 2. The summed E-state index contributed by atoms with van der Waals surface area (Å²) in [6.45, 7) is 0. The van der Waals surface area contributed by atoms with E-state index < -0.39 is 0 Å². The monoisotopic (exact) mass is 308 g/mol. The third-order valence-corrected chi connectivity index (χ3v) is 3.96. The minimum Gasteiger partial charge on any atom is -0.255 e. The van der Waals surface area contributed by atoms with Crippen LogP contribution in [-0.4, -0.2) is 9.97 Å². The van der Waals surface area contributed by atoms with E-state index in [0.29, 0.717) is 0 Å². The molecule has 0 atom stereocenters. The van der Waals surface area contributed by atoms with E-state index in [1.807, 2.05) is 42.5 Å². The zero-order valence-electron chi connectivity index (χ0n) is 13.1. The number of rotatable bonds is 3. The van der Waals surface area contributed by atoms with E-state index in [2.05, 4.69) is 53.5 Å². The first-order valence-corrected chi connectivity index (χ1v) is 7.95. The van der Waals surface area contributed by atoms with E-state index in [0.717, 1.165) is 22.6 Å². The molecule has 0 unspecified atom stereocenters. The van der Waals surface area contributed by atoms with E-state index in [1.165, 1.54) is 11.1 Å². The maximum absolute atomic E-state index is 4.84. The van der Waals surface area contributed by atoms with E-state index in [1.54, 1.807) is 6.20 Å². The first kappa shape index (κ1) is 14.3. The molecule has 0 bridgehead atoms. The highest BCUT2D eigenvalue weighted by atomic mass is 14.8. The van der Waals surface area contributed by atoms with Gasteiger partial charge in [-0.25, -0.2) is 4.98 Å². The molecule has 4 aromatic rings. The minimum absolute atomic E-state index is 0.885. The Balaban J connectivity index is 1.84. The van der Waals surface area contributed by atoms with Gasteiger partial charge in [-0.3, -0.25) is 4.98 Å². The molecule has 4 rings (SSSR count). The van der Waals surface area contributed by atoms with Crippen LogP contribution < -0.4 is 0 Å². The highest BCUT2D eigenvalue weighted by Crippen LogP contribution is 2.31. The molecule has 0 spiro atoms. The van der Waals surface area contributed by atoms with Gasteiger partial charge < -0.3 is 0 Å². The molecule has 2 aromatic carbocycles. The smallest absolute Gasteiger partial charge is 0.0893 e.